The molecule has 100 valence electrons. The molecule has 0 atom stereocenters. The van der Waals surface area contributed by atoms with E-state index in [9.17, 15) is 4.39 Å². The van der Waals surface area contributed by atoms with Crippen LogP contribution in [-0.2, 0) is 6.42 Å². The first-order valence-electron chi connectivity index (χ1n) is 6.15. The minimum atomic E-state index is -0.299. The molecule has 5 heteroatoms. The summed E-state index contributed by atoms with van der Waals surface area (Å²) in [7, 11) is 1.50. The third-order valence-electron chi connectivity index (χ3n) is 3.21. The normalized spacial score (nSPS) is 16.8. The van der Waals surface area contributed by atoms with Gasteiger partial charge in [0.1, 0.15) is 11.6 Å². The Morgan fingerprint density at radius 1 is 1.39 bits per heavy atom. The topological polar surface area (TPSA) is 24.5 Å². The zero-order valence-corrected chi connectivity index (χ0v) is 11.3. The first kappa shape index (κ1) is 13.6. The van der Waals surface area contributed by atoms with Crippen LogP contribution in [0.5, 0.6) is 5.75 Å². The summed E-state index contributed by atoms with van der Waals surface area (Å²) in [6, 6.07) is 2.81. The van der Waals surface area contributed by atoms with Crippen LogP contribution in [0.3, 0.4) is 0 Å². The van der Waals surface area contributed by atoms with Crippen molar-refractivity contribution in [1.82, 2.24) is 10.2 Å². The lowest BCUT2D eigenvalue weighted by atomic mass is 10.1. The number of rotatable bonds is 4. The summed E-state index contributed by atoms with van der Waals surface area (Å²) in [6.07, 6.45) is 0.743. The van der Waals surface area contributed by atoms with Crippen molar-refractivity contribution < 1.29 is 9.13 Å². The molecule has 1 aliphatic heterocycles. The maximum atomic E-state index is 13.4. The van der Waals surface area contributed by atoms with E-state index in [1.54, 1.807) is 0 Å². The second-order valence-corrected chi connectivity index (χ2v) is 4.80. The number of halogens is 2. The van der Waals surface area contributed by atoms with Gasteiger partial charge in [-0.1, -0.05) is 11.6 Å². The number of nitrogens with one attached hydrogen (secondary N) is 1. The van der Waals surface area contributed by atoms with Crippen molar-refractivity contribution in [2.45, 2.75) is 6.42 Å². The average molecular weight is 273 g/mol. The molecule has 0 unspecified atom stereocenters. The Kier molecular flexibility index (Phi) is 4.80. The summed E-state index contributed by atoms with van der Waals surface area (Å²) in [4.78, 5) is 2.35. The number of hydrogen-bond donors (Lipinski definition) is 1. The van der Waals surface area contributed by atoms with Crippen molar-refractivity contribution in [2.75, 3.05) is 39.8 Å². The number of nitrogens with zero attached hydrogens (tertiary/aromatic N) is 1. The molecule has 18 heavy (non-hydrogen) atoms. The SMILES string of the molecule is COc1cc(F)cc(CCN2CCNCC2)c1Cl. The highest BCUT2D eigenvalue weighted by atomic mass is 35.5. The monoisotopic (exact) mass is 272 g/mol. The molecule has 1 aromatic rings. The maximum Gasteiger partial charge on any atom is 0.140 e. The van der Waals surface area contributed by atoms with Crippen molar-refractivity contribution in [1.29, 1.82) is 0 Å². The molecule has 0 bridgehead atoms. The Bertz CT molecular complexity index is 408. The highest BCUT2D eigenvalue weighted by Gasteiger charge is 2.13. The van der Waals surface area contributed by atoms with E-state index >= 15 is 0 Å². The molecule has 3 nitrogen and oxygen atoms in total. The second-order valence-electron chi connectivity index (χ2n) is 4.42. The van der Waals surface area contributed by atoms with Gasteiger partial charge in [-0.15, -0.1) is 0 Å². The zero-order valence-electron chi connectivity index (χ0n) is 10.5. The maximum absolute atomic E-state index is 13.4. The van der Waals surface area contributed by atoms with Crippen molar-refractivity contribution in [2.24, 2.45) is 0 Å². The number of piperazine rings is 1. The summed E-state index contributed by atoms with van der Waals surface area (Å²) < 4.78 is 18.5. The van der Waals surface area contributed by atoms with Gasteiger partial charge in [0.15, 0.2) is 0 Å². The molecule has 0 amide bonds. The van der Waals surface area contributed by atoms with Crippen LogP contribution in [0.1, 0.15) is 5.56 Å². The van der Waals surface area contributed by atoms with Crippen LogP contribution in [0.15, 0.2) is 12.1 Å². The van der Waals surface area contributed by atoms with E-state index in [0.717, 1.165) is 44.7 Å². The minimum absolute atomic E-state index is 0.299. The van der Waals surface area contributed by atoms with E-state index in [4.69, 9.17) is 16.3 Å². The molecule has 1 saturated heterocycles. The van der Waals surface area contributed by atoms with Gasteiger partial charge in [-0.3, -0.25) is 0 Å². The lowest BCUT2D eigenvalue weighted by Gasteiger charge is -2.27. The molecule has 0 aliphatic carbocycles. The molecule has 1 heterocycles. The molecule has 1 aromatic carbocycles. The molecular weight excluding hydrogens is 255 g/mol. The van der Waals surface area contributed by atoms with Crippen LogP contribution in [-0.4, -0.2) is 44.7 Å². The van der Waals surface area contributed by atoms with Gasteiger partial charge in [0.25, 0.3) is 0 Å². The molecule has 1 N–H and O–H groups in total. The van der Waals surface area contributed by atoms with Gasteiger partial charge in [0.2, 0.25) is 0 Å². The fraction of sp³-hybridized carbons (Fsp3) is 0.538. The van der Waals surface area contributed by atoms with Gasteiger partial charge >= 0.3 is 0 Å². The van der Waals surface area contributed by atoms with Gasteiger partial charge in [0, 0.05) is 38.8 Å². The van der Waals surface area contributed by atoms with Crippen LogP contribution in [0.25, 0.3) is 0 Å². The smallest absolute Gasteiger partial charge is 0.140 e. The summed E-state index contributed by atoms with van der Waals surface area (Å²) in [6.45, 7) is 4.99. The Balaban J connectivity index is 2.01. The van der Waals surface area contributed by atoms with Gasteiger partial charge in [-0.2, -0.15) is 0 Å². The quantitative estimate of drug-likeness (QED) is 0.907. The number of hydrogen-bond acceptors (Lipinski definition) is 3. The van der Waals surface area contributed by atoms with Gasteiger partial charge in [-0.05, 0) is 18.1 Å². The van der Waals surface area contributed by atoms with Crippen molar-refractivity contribution in [3.05, 3.63) is 28.5 Å². The van der Waals surface area contributed by atoms with Crippen molar-refractivity contribution >= 4 is 11.6 Å². The van der Waals surface area contributed by atoms with E-state index in [1.807, 2.05) is 0 Å². The zero-order chi connectivity index (χ0) is 13.0. The number of benzene rings is 1. The van der Waals surface area contributed by atoms with Gasteiger partial charge in [-0.25, -0.2) is 4.39 Å². The first-order valence-corrected chi connectivity index (χ1v) is 6.53. The van der Waals surface area contributed by atoms with E-state index in [0.29, 0.717) is 10.8 Å². The Morgan fingerprint density at radius 3 is 2.78 bits per heavy atom. The fourth-order valence-electron chi connectivity index (χ4n) is 2.16. The van der Waals surface area contributed by atoms with Crippen LogP contribution in [0.2, 0.25) is 5.02 Å². The minimum Gasteiger partial charge on any atom is -0.495 e. The third kappa shape index (κ3) is 3.34. The summed E-state index contributed by atoms with van der Waals surface area (Å²) >= 11 is 6.18. The van der Waals surface area contributed by atoms with Gasteiger partial charge in [0.05, 0.1) is 12.1 Å². The lowest BCUT2D eigenvalue weighted by Crippen LogP contribution is -2.44. The average Bonchev–Trinajstić information content (AvgIpc) is 2.40. The van der Waals surface area contributed by atoms with Gasteiger partial charge < -0.3 is 15.0 Å². The molecule has 1 fully saturated rings. The Hall–Kier alpha value is -0.840. The number of ether oxygens (including phenoxy) is 1. The highest BCUT2D eigenvalue weighted by Crippen LogP contribution is 2.29. The Morgan fingerprint density at radius 2 is 2.11 bits per heavy atom. The van der Waals surface area contributed by atoms with Crippen molar-refractivity contribution in [3.63, 3.8) is 0 Å². The van der Waals surface area contributed by atoms with Crippen LogP contribution >= 0.6 is 11.6 Å². The summed E-state index contributed by atoms with van der Waals surface area (Å²) in [5.74, 6) is 0.110. The number of methoxy groups -OCH3 is 1. The van der Waals surface area contributed by atoms with E-state index in [-0.39, 0.29) is 5.82 Å². The molecule has 0 radical (unpaired) electrons. The second kappa shape index (κ2) is 6.36. The molecule has 1 aliphatic rings. The molecule has 2 rings (SSSR count). The van der Waals surface area contributed by atoms with Crippen LogP contribution < -0.4 is 10.1 Å². The molecule has 0 aromatic heterocycles. The highest BCUT2D eigenvalue weighted by molar-refractivity contribution is 6.32. The molecule has 0 spiro atoms. The van der Waals surface area contributed by atoms with Crippen LogP contribution in [0, 0.1) is 5.82 Å². The predicted molar refractivity (Wildman–Crippen MR) is 71.0 cm³/mol. The van der Waals surface area contributed by atoms with E-state index in [1.165, 1.54) is 19.2 Å². The largest absolute Gasteiger partial charge is 0.495 e. The predicted octanol–water partition coefficient (Wildman–Crippen LogP) is 1.94. The standard InChI is InChI=1S/C13H18ClFN2O/c1-18-12-9-11(15)8-10(13(12)14)2-5-17-6-3-16-4-7-17/h8-9,16H,2-7H2,1H3. The van der Waals surface area contributed by atoms with Crippen molar-refractivity contribution in [3.8, 4) is 5.75 Å². The van der Waals surface area contributed by atoms with Crippen LogP contribution in [0.4, 0.5) is 4.39 Å². The first-order chi connectivity index (χ1) is 8.70. The third-order valence-corrected chi connectivity index (χ3v) is 3.64. The fourth-order valence-corrected chi connectivity index (χ4v) is 2.44. The van der Waals surface area contributed by atoms with E-state index in [2.05, 4.69) is 10.2 Å². The summed E-state index contributed by atoms with van der Waals surface area (Å²) in [5.41, 5.74) is 0.812. The Labute approximate surface area is 112 Å². The summed E-state index contributed by atoms with van der Waals surface area (Å²) in [5, 5.41) is 3.83. The molecular formula is C13H18ClFN2O. The lowest BCUT2D eigenvalue weighted by molar-refractivity contribution is 0.244. The molecule has 0 saturated carbocycles. The van der Waals surface area contributed by atoms with E-state index < -0.39 is 0 Å².